The van der Waals surface area contributed by atoms with Crippen molar-refractivity contribution in [3.63, 3.8) is 0 Å². The van der Waals surface area contributed by atoms with Gasteiger partial charge in [0.05, 0.1) is 11.2 Å². The maximum absolute atomic E-state index is 2.86. The number of rotatable bonds is 5. The maximum atomic E-state index is 2.86. The van der Waals surface area contributed by atoms with Gasteiger partial charge in [-0.15, -0.1) is 0 Å². The van der Waals surface area contributed by atoms with Gasteiger partial charge in [0, 0.05) is 50.8 Å². The molecule has 3 aliphatic heterocycles. The quantitative estimate of drug-likeness (QED) is 0.159. The van der Waals surface area contributed by atoms with E-state index in [1.54, 1.807) is 0 Å². The SMILES string of the molecule is CC(C)(C)c1ccc(N2c3ccc(C(C)(C)C)cc3B3c4ccccc4N(c4ccc(C(C)(C)C)cc4-c4ccccc4)c4cc(N5c6ccc(C(C)(C)C)cc6C6(c7ccc(C(C)(C)C)cc7)CCCCC56C)cc2c43)cc1. The highest BCUT2D eigenvalue weighted by Gasteiger charge is 2.62. The number of benzene rings is 8. The van der Waals surface area contributed by atoms with Gasteiger partial charge >= 0.3 is 0 Å². The molecule has 3 heterocycles. The Morgan fingerprint density at radius 1 is 0.380 bits per heavy atom. The first-order valence-electron chi connectivity index (χ1n) is 29.6. The molecule has 0 N–H and O–H groups in total. The third-order valence-corrected chi connectivity index (χ3v) is 18.9. The van der Waals surface area contributed by atoms with Crippen LogP contribution in [0.3, 0.4) is 0 Å². The molecule has 2 unspecified atom stereocenters. The summed E-state index contributed by atoms with van der Waals surface area (Å²) in [4.78, 5) is 8.17. The largest absolute Gasteiger partial charge is 0.334 e. The molecular weight excluding hydrogens is 954 g/mol. The van der Waals surface area contributed by atoms with Gasteiger partial charge in [-0.25, -0.2) is 0 Å². The van der Waals surface area contributed by atoms with Gasteiger partial charge in [-0.3, -0.25) is 0 Å². The molecule has 0 radical (unpaired) electrons. The standard InChI is InChI=1S/C75H84BN3/c1-69(2,3)50-28-30-52(31-29-50)75-43-23-22-42-74(75,16)79(63-40-35-54(45-59(63)75)72(10,11)12)57-47-66-68-67(48-57)78(62-39-34-53(71(7,8)9)44-58(62)49-24-18-17-19-25-49)64-27-21-20-26-60(64)76(68)61-46-55(73(13,14)15)36-41-65(61)77(66)56-37-32-51(33-38-56)70(4,5)6/h17-21,24-41,44-48H,22-23,42-43H2,1-16H3. The molecule has 1 fully saturated rings. The summed E-state index contributed by atoms with van der Waals surface area (Å²) in [5, 5.41) is 0. The molecule has 1 saturated carbocycles. The van der Waals surface area contributed by atoms with Crippen molar-refractivity contribution in [2.24, 2.45) is 0 Å². The molecule has 0 bridgehead atoms. The van der Waals surface area contributed by atoms with E-state index in [-0.39, 0.29) is 44.7 Å². The van der Waals surface area contributed by atoms with Crippen molar-refractivity contribution in [1.82, 2.24) is 0 Å². The molecule has 4 aliphatic rings. The Balaban J connectivity index is 1.22. The van der Waals surface area contributed by atoms with Crippen LogP contribution in [-0.2, 0) is 32.5 Å². The zero-order valence-corrected chi connectivity index (χ0v) is 50.4. The summed E-state index contributed by atoms with van der Waals surface area (Å²) < 4.78 is 0. The fraction of sp³-hybridized carbons (Fsp3) is 0.360. The topological polar surface area (TPSA) is 9.72 Å². The number of hydrogen-bond acceptors (Lipinski definition) is 3. The molecule has 79 heavy (non-hydrogen) atoms. The molecule has 3 nitrogen and oxygen atoms in total. The third kappa shape index (κ3) is 8.43. The molecule has 4 heteroatoms. The normalized spacial score (nSPS) is 18.9. The predicted octanol–water partition coefficient (Wildman–Crippen LogP) is 18.7. The van der Waals surface area contributed by atoms with Crippen LogP contribution in [0.5, 0.6) is 0 Å². The minimum atomic E-state index is -0.304. The minimum absolute atomic E-state index is 0.0122. The zero-order valence-electron chi connectivity index (χ0n) is 50.4. The summed E-state index contributed by atoms with van der Waals surface area (Å²) in [5.41, 5.74) is 25.4. The van der Waals surface area contributed by atoms with Crippen LogP contribution in [0.4, 0.5) is 45.5 Å². The summed E-state index contributed by atoms with van der Waals surface area (Å²) in [6.45, 7) is 37.8. The summed E-state index contributed by atoms with van der Waals surface area (Å²) in [7, 11) is 0. The first-order valence-corrected chi connectivity index (χ1v) is 29.6. The van der Waals surface area contributed by atoms with E-state index in [1.807, 2.05) is 0 Å². The van der Waals surface area contributed by atoms with E-state index < -0.39 is 0 Å². The highest BCUT2D eigenvalue weighted by Crippen LogP contribution is 2.65. The fourth-order valence-corrected chi connectivity index (χ4v) is 14.4. The lowest BCUT2D eigenvalue weighted by Crippen LogP contribution is -2.61. The van der Waals surface area contributed by atoms with Crippen LogP contribution in [0.15, 0.2) is 170 Å². The van der Waals surface area contributed by atoms with Gasteiger partial charge in [0.25, 0.3) is 6.71 Å². The Bertz CT molecular complexity index is 3660. The van der Waals surface area contributed by atoms with Gasteiger partial charge < -0.3 is 14.7 Å². The molecule has 0 spiro atoms. The average Bonchev–Trinajstić information content (AvgIpc) is 2.39. The number of nitrogens with zero attached hydrogens (tertiary/aromatic N) is 3. The van der Waals surface area contributed by atoms with Crippen molar-refractivity contribution < 1.29 is 0 Å². The van der Waals surface area contributed by atoms with E-state index in [1.165, 1.54) is 125 Å². The number of para-hydroxylation sites is 1. The van der Waals surface area contributed by atoms with E-state index in [2.05, 4.69) is 295 Å². The molecule has 2 atom stereocenters. The molecule has 8 aromatic rings. The number of fused-ring (bicyclic) bond motifs is 7. The molecule has 402 valence electrons. The first kappa shape index (κ1) is 52.9. The summed E-state index contributed by atoms with van der Waals surface area (Å²) in [6.07, 6.45) is 4.51. The molecule has 1 aliphatic carbocycles. The van der Waals surface area contributed by atoms with Crippen molar-refractivity contribution in [3.8, 4) is 11.1 Å². The van der Waals surface area contributed by atoms with Crippen molar-refractivity contribution in [2.45, 2.75) is 174 Å². The second kappa shape index (κ2) is 18.1. The lowest BCUT2D eigenvalue weighted by atomic mass is 9.33. The number of anilines is 8. The van der Waals surface area contributed by atoms with Gasteiger partial charge in [0.15, 0.2) is 0 Å². The number of hydrogen-bond donors (Lipinski definition) is 0. The fourth-order valence-electron chi connectivity index (χ4n) is 14.4. The molecule has 8 aromatic carbocycles. The van der Waals surface area contributed by atoms with E-state index in [0.29, 0.717) is 0 Å². The molecule has 0 aromatic heterocycles. The van der Waals surface area contributed by atoms with Crippen LogP contribution in [0.25, 0.3) is 11.1 Å². The highest BCUT2D eigenvalue weighted by molar-refractivity contribution is 7.00. The van der Waals surface area contributed by atoms with Crippen molar-refractivity contribution in [3.05, 3.63) is 209 Å². The van der Waals surface area contributed by atoms with Gasteiger partial charge in [0.1, 0.15) is 0 Å². The maximum Gasteiger partial charge on any atom is 0.252 e. The monoisotopic (exact) mass is 1040 g/mol. The Kier molecular flexibility index (Phi) is 12.1. The van der Waals surface area contributed by atoms with Gasteiger partial charge in [0.2, 0.25) is 0 Å². The van der Waals surface area contributed by atoms with Crippen LogP contribution in [0.1, 0.15) is 175 Å². The minimum Gasteiger partial charge on any atom is -0.334 e. The van der Waals surface area contributed by atoms with Crippen molar-refractivity contribution in [1.29, 1.82) is 0 Å². The predicted molar refractivity (Wildman–Crippen MR) is 342 cm³/mol. The Morgan fingerprint density at radius 3 is 1.47 bits per heavy atom. The lowest BCUT2D eigenvalue weighted by Gasteiger charge is -2.53. The van der Waals surface area contributed by atoms with Crippen molar-refractivity contribution in [2.75, 3.05) is 14.7 Å². The third-order valence-electron chi connectivity index (χ3n) is 18.9. The summed E-state index contributed by atoms with van der Waals surface area (Å²) >= 11 is 0. The molecular formula is C75H84BN3. The van der Waals surface area contributed by atoms with Gasteiger partial charge in [-0.2, -0.15) is 0 Å². The Hall–Kier alpha value is -6.78. The molecule has 12 rings (SSSR count). The summed E-state index contributed by atoms with van der Waals surface area (Å²) in [5.74, 6) is 0. The highest BCUT2D eigenvalue weighted by atomic mass is 15.3. The van der Waals surface area contributed by atoms with E-state index >= 15 is 0 Å². The van der Waals surface area contributed by atoms with Crippen LogP contribution in [0.2, 0.25) is 0 Å². The van der Waals surface area contributed by atoms with Crippen LogP contribution < -0.4 is 31.1 Å². The second-order valence-corrected chi connectivity index (χ2v) is 29.3. The molecule has 0 amide bonds. The lowest BCUT2D eigenvalue weighted by molar-refractivity contribution is 0.215. The van der Waals surface area contributed by atoms with Crippen LogP contribution in [0, 0.1) is 0 Å². The molecule has 0 saturated heterocycles. The Labute approximate surface area is 475 Å². The van der Waals surface area contributed by atoms with Crippen LogP contribution >= 0.6 is 0 Å². The van der Waals surface area contributed by atoms with Gasteiger partial charge in [-0.1, -0.05) is 232 Å². The van der Waals surface area contributed by atoms with Gasteiger partial charge in [-0.05, 0) is 162 Å². The second-order valence-electron chi connectivity index (χ2n) is 29.3. The van der Waals surface area contributed by atoms with Crippen molar-refractivity contribution >= 4 is 68.6 Å². The van der Waals surface area contributed by atoms with E-state index in [9.17, 15) is 0 Å². The van der Waals surface area contributed by atoms with E-state index in [4.69, 9.17) is 0 Å². The summed E-state index contributed by atoms with van der Waals surface area (Å²) in [6, 6.07) is 67.5. The smallest absolute Gasteiger partial charge is 0.252 e. The first-order chi connectivity index (χ1) is 37.2. The average molecular weight is 1040 g/mol. The Morgan fingerprint density at radius 2 is 0.861 bits per heavy atom. The van der Waals surface area contributed by atoms with E-state index in [0.717, 1.165) is 12.8 Å². The zero-order chi connectivity index (χ0) is 56.0. The van der Waals surface area contributed by atoms with Crippen LogP contribution in [-0.4, -0.2) is 12.3 Å².